The summed E-state index contributed by atoms with van der Waals surface area (Å²) in [5.74, 6) is -0.520. The zero-order valence-corrected chi connectivity index (χ0v) is 14.0. The Labute approximate surface area is 150 Å². The molecule has 5 rings (SSSR count). The van der Waals surface area contributed by atoms with Gasteiger partial charge >= 0.3 is 0 Å². The molecule has 1 aliphatic carbocycles. The van der Waals surface area contributed by atoms with Crippen LogP contribution in [0.1, 0.15) is 30.0 Å². The van der Waals surface area contributed by atoms with E-state index >= 15 is 0 Å². The van der Waals surface area contributed by atoms with Gasteiger partial charge in [-0.05, 0) is 25.0 Å². The average molecular weight is 366 g/mol. The van der Waals surface area contributed by atoms with Gasteiger partial charge in [-0.25, -0.2) is 9.37 Å². The Bertz CT molecular complexity index is 1300. The van der Waals surface area contributed by atoms with Crippen LogP contribution in [-0.4, -0.2) is 24.6 Å². The summed E-state index contributed by atoms with van der Waals surface area (Å²) in [6.07, 6.45) is 2.54. The molecule has 0 saturated heterocycles. The van der Waals surface area contributed by atoms with Gasteiger partial charge in [0.15, 0.2) is 5.56 Å². The Morgan fingerprint density at radius 1 is 1.44 bits per heavy atom. The van der Waals surface area contributed by atoms with Gasteiger partial charge in [0.2, 0.25) is 11.5 Å². The third-order valence-corrected chi connectivity index (χ3v) is 4.85. The first-order valence-corrected chi connectivity index (χ1v) is 8.13. The molecule has 1 saturated carbocycles. The average Bonchev–Trinajstić information content (AvgIpc) is 3.09. The van der Waals surface area contributed by atoms with Crippen LogP contribution in [0.25, 0.3) is 28.1 Å². The number of benzene rings is 1. The van der Waals surface area contributed by atoms with Crippen molar-refractivity contribution in [1.29, 1.82) is 5.26 Å². The van der Waals surface area contributed by atoms with Crippen LogP contribution in [0.4, 0.5) is 4.39 Å². The van der Waals surface area contributed by atoms with E-state index in [1.165, 1.54) is 19.3 Å². The summed E-state index contributed by atoms with van der Waals surface area (Å²) in [5.41, 5.74) is -0.266. The van der Waals surface area contributed by atoms with Crippen LogP contribution in [0.3, 0.4) is 0 Å². The fourth-order valence-corrected chi connectivity index (χ4v) is 3.21. The lowest BCUT2D eigenvalue weighted by Gasteiger charge is -2.09. The molecule has 0 spiro atoms. The maximum Gasteiger partial charge on any atom is 0.262 e. The first-order chi connectivity index (χ1) is 12.9. The minimum Gasteiger partial charge on any atom is -0.618 e. The zero-order chi connectivity index (χ0) is 18.9. The molecule has 9 nitrogen and oxygen atoms in total. The topological polar surface area (TPSA) is 127 Å². The molecule has 4 aromatic rings. The highest BCUT2D eigenvalue weighted by Crippen LogP contribution is 2.44. The van der Waals surface area contributed by atoms with Gasteiger partial charge in [-0.1, -0.05) is 5.16 Å². The number of nitriles is 1. The smallest absolute Gasteiger partial charge is 0.262 e. The molecule has 10 heteroatoms. The molecule has 0 aliphatic heterocycles. The van der Waals surface area contributed by atoms with Crippen LogP contribution in [0.15, 0.2) is 23.0 Å². The number of rotatable bonds is 2. The summed E-state index contributed by atoms with van der Waals surface area (Å²) in [6.45, 7) is 1.54. The lowest BCUT2D eigenvalue weighted by molar-refractivity contribution is -0.583. The van der Waals surface area contributed by atoms with E-state index in [2.05, 4.69) is 15.1 Å². The van der Waals surface area contributed by atoms with E-state index in [9.17, 15) is 20.0 Å². The molecule has 27 heavy (non-hydrogen) atoms. The van der Waals surface area contributed by atoms with Crippen LogP contribution in [0, 0.1) is 29.3 Å². The number of hydrogen-bond donors (Lipinski definition) is 1. The fourth-order valence-electron chi connectivity index (χ4n) is 3.21. The number of aryl methyl sites for hydroxylation is 1. The molecular formula is C17H11FN6O3. The summed E-state index contributed by atoms with van der Waals surface area (Å²) in [5, 5.41) is 36.0. The Kier molecular flexibility index (Phi) is 2.89. The molecule has 0 amide bonds. The lowest BCUT2D eigenvalue weighted by atomic mass is 10.1. The SMILES string of the molecule is Cc1c2c(-c3noc(C4(O)CC4)n3)ncn2c2ccc(F)c(C#N)c2[n+]1[O-]. The van der Waals surface area contributed by atoms with Crippen molar-refractivity contribution in [2.45, 2.75) is 25.4 Å². The van der Waals surface area contributed by atoms with E-state index < -0.39 is 11.4 Å². The van der Waals surface area contributed by atoms with Crippen molar-refractivity contribution >= 4 is 16.6 Å². The van der Waals surface area contributed by atoms with E-state index in [4.69, 9.17) is 4.52 Å². The van der Waals surface area contributed by atoms with E-state index in [1.54, 1.807) is 10.5 Å². The van der Waals surface area contributed by atoms with Gasteiger partial charge in [-0.15, -0.1) is 0 Å². The van der Waals surface area contributed by atoms with Crippen LogP contribution in [0.5, 0.6) is 0 Å². The Morgan fingerprint density at radius 3 is 2.93 bits per heavy atom. The first-order valence-electron chi connectivity index (χ1n) is 8.13. The lowest BCUT2D eigenvalue weighted by Crippen LogP contribution is -2.33. The monoisotopic (exact) mass is 366 g/mol. The zero-order valence-electron chi connectivity index (χ0n) is 14.0. The van der Waals surface area contributed by atoms with Gasteiger partial charge in [0.1, 0.15) is 40.5 Å². The largest absolute Gasteiger partial charge is 0.618 e. The van der Waals surface area contributed by atoms with Gasteiger partial charge in [-0.3, -0.25) is 4.40 Å². The molecule has 0 atom stereocenters. The molecule has 0 unspecified atom stereocenters. The van der Waals surface area contributed by atoms with Crippen molar-refractivity contribution in [2.24, 2.45) is 0 Å². The molecule has 3 aromatic heterocycles. The van der Waals surface area contributed by atoms with Crippen molar-refractivity contribution in [2.75, 3.05) is 0 Å². The van der Waals surface area contributed by atoms with Gasteiger partial charge in [-0.2, -0.15) is 15.0 Å². The van der Waals surface area contributed by atoms with E-state index in [1.807, 2.05) is 0 Å². The van der Waals surface area contributed by atoms with E-state index in [-0.39, 0.29) is 28.5 Å². The highest BCUT2D eigenvalue weighted by molar-refractivity contribution is 5.85. The Morgan fingerprint density at radius 2 is 2.22 bits per heavy atom. The number of imidazole rings is 1. The number of nitrogens with zero attached hydrogens (tertiary/aromatic N) is 6. The van der Waals surface area contributed by atoms with Crippen molar-refractivity contribution < 1.29 is 18.8 Å². The minimum absolute atomic E-state index is 0.0763. The molecule has 3 heterocycles. The highest BCUT2D eigenvalue weighted by Gasteiger charge is 2.48. The number of hydrogen-bond acceptors (Lipinski definition) is 7. The van der Waals surface area contributed by atoms with Crippen LogP contribution >= 0.6 is 0 Å². The second-order valence-electron chi connectivity index (χ2n) is 6.55. The Balaban J connectivity index is 1.82. The summed E-state index contributed by atoms with van der Waals surface area (Å²) in [7, 11) is 0. The third-order valence-electron chi connectivity index (χ3n) is 4.85. The third kappa shape index (κ3) is 2.00. The van der Waals surface area contributed by atoms with Crippen molar-refractivity contribution in [1.82, 2.24) is 19.5 Å². The molecule has 0 radical (unpaired) electrons. The quantitative estimate of drug-likeness (QED) is 0.420. The number of aliphatic hydroxyl groups is 1. The standard InChI is InChI=1S/C17H11FN6O3/c1-8-13-12(15-21-16(27-22-15)17(25)4-5-17)20-7-23(13)11-3-2-10(18)9(6-19)14(11)24(8)26/h2-3,7,25H,4-5H2,1H3. The maximum absolute atomic E-state index is 14.0. The normalized spacial score (nSPS) is 15.3. The predicted octanol–water partition coefficient (Wildman–Crippen LogP) is 1.47. The molecule has 1 N–H and O–H groups in total. The minimum atomic E-state index is -1.08. The van der Waals surface area contributed by atoms with Crippen molar-refractivity contribution in [3.8, 4) is 17.6 Å². The second kappa shape index (κ2) is 4.99. The van der Waals surface area contributed by atoms with Gasteiger partial charge in [0, 0.05) is 6.92 Å². The summed E-state index contributed by atoms with van der Waals surface area (Å²) in [4.78, 5) is 8.49. The summed E-state index contributed by atoms with van der Waals surface area (Å²) < 4.78 is 21.2. The number of halogens is 1. The van der Waals surface area contributed by atoms with Crippen molar-refractivity contribution in [3.05, 3.63) is 46.6 Å². The van der Waals surface area contributed by atoms with Crippen LogP contribution in [-0.2, 0) is 5.60 Å². The molecule has 1 fully saturated rings. The summed E-state index contributed by atoms with van der Waals surface area (Å²) in [6, 6.07) is 4.28. The summed E-state index contributed by atoms with van der Waals surface area (Å²) >= 11 is 0. The second-order valence-corrected chi connectivity index (χ2v) is 6.55. The van der Waals surface area contributed by atoms with Crippen molar-refractivity contribution in [3.63, 3.8) is 0 Å². The molecule has 134 valence electrons. The van der Waals surface area contributed by atoms with Gasteiger partial charge in [0.25, 0.3) is 11.4 Å². The first kappa shape index (κ1) is 15.7. The Hall–Kier alpha value is -3.58. The maximum atomic E-state index is 14.0. The van der Waals surface area contributed by atoms with Crippen LogP contribution in [0.2, 0.25) is 0 Å². The molecule has 1 aliphatic rings. The molecular weight excluding hydrogens is 355 g/mol. The fraction of sp³-hybridized carbons (Fsp3) is 0.235. The van der Waals surface area contributed by atoms with Crippen LogP contribution < -0.4 is 4.73 Å². The molecule has 1 aromatic carbocycles. The van der Waals surface area contributed by atoms with E-state index in [0.717, 1.165) is 6.07 Å². The molecule has 0 bridgehead atoms. The highest BCUT2D eigenvalue weighted by atomic mass is 19.1. The van der Waals surface area contributed by atoms with Gasteiger partial charge in [0.05, 0.1) is 0 Å². The van der Waals surface area contributed by atoms with Gasteiger partial charge < -0.3 is 14.8 Å². The van der Waals surface area contributed by atoms with E-state index in [0.29, 0.717) is 34.3 Å². The predicted molar refractivity (Wildman–Crippen MR) is 87.5 cm³/mol. The number of aromatic nitrogens is 5. The number of fused-ring (bicyclic) bond motifs is 3.